The average molecular weight is 382 g/mol. The van der Waals surface area contributed by atoms with Gasteiger partial charge < -0.3 is 4.98 Å². The number of aromatic amines is 1. The summed E-state index contributed by atoms with van der Waals surface area (Å²) in [6, 6.07) is 8.20. The van der Waals surface area contributed by atoms with Crippen molar-refractivity contribution in [2.45, 2.75) is 34.1 Å². The third-order valence-corrected chi connectivity index (χ3v) is 6.52. The average Bonchev–Trinajstić information content (AvgIpc) is 3.22. The Morgan fingerprint density at radius 2 is 1.81 bits per heavy atom. The molecule has 0 radical (unpaired) electrons. The van der Waals surface area contributed by atoms with Crippen molar-refractivity contribution in [3.8, 4) is 11.4 Å². The normalized spacial score (nSPS) is 11.4. The summed E-state index contributed by atoms with van der Waals surface area (Å²) in [7, 11) is 0. The van der Waals surface area contributed by atoms with E-state index in [4.69, 9.17) is 9.97 Å². The highest BCUT2D eigenvalue weighted by Crippen LogP contribution is 2.33. The summed E-state index contributed by atoms with van der Waals surface area (Å²) in [6.07, 6.45) is 0.739. The van der Waals surface area contributed by atoms with E-state index in [2.05, 4.69) is 18.0 Å². The molecule has 0 aliphatic heterocycles. The summed E-state index contributed by atoms with van der Waals surface area (Å²) < 4.78 is 1.21. The summed E-state index contributed by atoms with van der Waals surface area (Å²) in [5.74, 6) is 0.0880. The SMILES string of the molecule is CC(=O)c1c(C)[nH]c(-c2nc(Cc3nc4ccccc4s3)sc2C)c1C. The molecule has 0 fully saturated rings. The van der Waals surface area contributed by atoms with Gasteiger partial charge in [-0.3, -0.25) is 4.79 Å². The Hall–Kier alpha value is -2.31. The second-order valence-corrected chi connectivity index (χ2v) is 8.85. The number of carbonyl (C=O) groups is 1. The molecule has 26 heavy (non-hydrogen) atoms. The molecule has 1 aromatic carbocycles. The summed E-state index contributed by atoms with van der Waals surface area (Å²) in [6.45, 7) is 7.62. The number of carbonyl (C=O) groups excluding carboxylic acids is 1. The van der Waals surface area contributed by atoms with Gasteiger partial charge in [-0.1, -0.05) is 12.1 Å². The number of para-hydroxylation sites is 1. The number of aromatic nitrogens is 3. The lowest BCUT2D eigenvalue weighted by Crippen LogP contribution is -1.95. The van der Waals surface area contributed by atoms with E-state index < -0.39 is 0 Å². The first-order chi connectivity index (χ1) is 12.4. The van der Waals surface area contributed by atoms with Crippen LogP contribution < -0.4 is 0 Å². The minimum atomic E-state index is 0.0880. The molecule has 4 aromatic rings. The van der Waals surface area contributed by atoms with E-state index in [1.165, 1.54) is 4.70 Å². The number of fused-ring (bicyclic) bond motifs is 1. The molecule has 0 aliphatic rings. The van der Waals surface area contributed by atoms with Crippen LogP contribution in [0.25, 0.3) is 21.6 Å². The predicted octanol–water partition coefficient (Wildman–Crippen LogP) is 5.47. The second-order valence-electron chi connectivity index (χ2n) is 6.45. The third-order valence-electron chi connectivity index (χ3n) is 4.51. The van der Waals surface area contributed by atoms with Crippen LogP contribution in [0, 0.1) is 20.8 Å². The van der Waals surface area contributed by atoms with Crippen LogP contribution in [0.3, 0.4) is 0 Å². The van der Waals surface area contributed by atoms with Crippen LogP contribution in [0.15, 0.2) is 24.3 Å². The Balaban J connectivity index is 1.70. The molecule has 1 N–H and O–H groups in total. The molecule has 0 spiro atoms. The summed E-state index contributed by atoms with van der Waals surface area (Å²) >= 11 is 3.42. The van der Waals surface area contributed by atoms with Gasteiger partial charge in [-0.05, 0) is 45.4 Å². The maximum Gasteiger partial charge on any atom is 0.161 e. The van der Waals surface area contributed by atoms with E-state index in [-0.39, 0.29) is 5.78 Å². The van der Waals surface area contributed by atoms with Crippen LogP contribution in [0.2, 0.25) is 0 Å². The number of ketones is 1. The van der Waals surface area contributed by atoms with Gasteiger partial charge in [-0.15, -0.1) is 22.7 Å². The van der Waals surface area contributed by atoms with Gasteiger partial charge in [0.15, 0.2) is 5.78 Å². The zero-order valence-corrected chi connectivity index (χ0v) is 16.8. The summed E-state index contributed by atoms with van der Waals surface area (Å²) in [5.41, 5.74) is 5.61. The van der Waals surface area contributed by atoms with E-state index in [1.807, 2.05) is 32.0 Å². The molecule has 0 amide bonds. The van der Waals surface area contributed by atoms with Crippen molar-refractivity contribution < 1.29 is 4.79 Å². The van der Waals surface area contributed by atoms with Crippen LogP contribution >= 0.6 is 22.7 Å². The number of nitrogens with zero attached hydrogens (tertiary/aromatic N) is 2. The molecule has 3 heterocycles. The Labute approximate surface area is 160 Å². The molecule has 0 bridgehead atoms. The van der Waals surface area contributed by atoms with Gasteiger partial charge >= 0.3 is 0 Å². The second kappa shape index (κ2) is 6.45. The minimum Gasteiger partial charge on any atom is -0.356 e. The van der Waals surface area contributed by atoms with Gasteiger partial charge in [0, 0.05) is 16.1 Å². The van der Waals surface area contributed by atoms with E-state index in [0.29, 0.717) is 0 Å². The molecule has 0 saturated carbocycles. The molecule has 4 nitrogen and oxygen atoms in total. The maximum atomic E-state index is 11.9. The van der Waals surface area contributed by atoms with E-state index in [1.54, 1.807) is 29.6 Å². The molecular weight excluding hydrogens is 362 g/mol. The van der Waals surface area contributed by atoms with E-state index in [9.17, 15) is 4.79 Å². The summed E-state index contributed by atoms with van der Waals surface area (Å²) in [4.78, 5) is 26.0. The zero-order valence-electron chi connectivity index (χ0n) is 15.1. The number of nitrogens with one attached hydrogen (secondary N) is 1. The van der Waals surface area contributed by atoms with E-state index >= 15 is 0 Å². The highest BCUT2D eigenvalue weighted by Gasteiger charge is 2.20. The number of benzene rings is 1. The van der Waals surface area contributed by atoms with E-state index in [0.717, 1.165) is 55.0 Å². The lowest BCUT2D eigenvalue weighted by molar-refractivity contribution is 0.101. The first kappa shape index (κ1) is 17.1. The first-order valence-corrected chi connectivity index (χ1v) is 10.1. The fourth-order valence-electron chi connectivity index (χ4n) is 3.40. The van der Waals surface area contributed by atoms with Crippen LogP contribution in [-0.2, 0) is 6.42 Å². The molecular formula is C20H19N3OS2. The highest BCUT2D eigenvalue weighted by molar-refractivity contribution is 7.18. The molecule has 6 heteroatoms. The summed E-state index contributed by atoms with van der Waals surface area (Å²) in [5, 5.41) is 2.13. The van der Waals surface area contributed by atoms with Gasteiger partial charge in [0.1, 0.15) is 15.7 Å². The number of hydrogen-bond donors (Lipinski definition) is 1. The van der Waals surface area contributed by atoms with Crippen molar-refractivity contribution in [3.63, 3.8) is 0 Å². The number of thiazole rings is 2. The highest BCUT2D eigenvalue weighted by atomic mass is 32.1. The van der Waals surface area contributed by atoms with Crippen LogP contribution in [0.1, 0.15) is 43.4 Å². The lowest BCUT2D eigenvalue weighted by atomic mass is 10.1. The quantitative estimate of drug-likeness (QED) is 0.477. The molecule has 0 unspecified atom stereocenters. The molecule has 0 aliphatic carbocycles. The van der Waals surface area contributed by atoms with Gasteiger partial charge in [-0.2, -0.15) is 0 Å². The lowest BCUT2D eigenvalue weighted by Gasteiger charge is -1.98. The molecule has 3 aromatic heterocycles. The smallest absolute Gasteiger partial charge is 0.161 e. The Morgan fingerprint density at radius 3 is 2.50 bits per heavy atom. The predicted molar refractivity (Wildman–Crippen MR) is 109 cm³/mol. The topological polar surface area (TPSA) is 58.6 Å². The van der Waals surface area contributed by atoms with Crippen molar-refractivity contribution in [3.05, 3.63) is 56.0 Å². The molecule has 0 atom stereocenters. The zero-order chi connectivity index (χ0) is 18.4. The van der Waals surface area contributed by atoms with Crippen LogP contribution in [0.5, 0.6) is 0 Å². The Bertz CT molecular complexity index is 1100. The maximum absolute atomic E-state index is 11.9. The van der Waals surface area contributed by atoms with Crippen molar-refractivity contribution >= 4 is 38.7 Å². The van der Waals surface area contributed by atoms with Crippen LogP contribution in [-0.4, -0.2) is 20.7 Å². The van der Waals surface area contributed by atoms with Gasteiger partial charge in [0.2, 0.25) is 0 Å². The van der Waals surface area contributed by atoms with Crippen molar-refractivity contribution in [1.29, 1.82) is 0 Å². The standard InChI is InChI=1S/C20H19N3OS2/c1-10-18(12(3)24)11(2)21-19(10)20-13(4)25-17(23-20)9-16-22-14-7-5-6-8-15(14)26-16/h5-8,21H,9H2,1-4H3. The number of rotatable bonds is 4. The fraction of sp³-hybridized carbons (Fsp3) is 0.250. The molecule has 0 saturated heterocycles. The van der Waals surface area contributed by atoms with Crippen LogP contribution in [0.4, 0.5) is 0 Å². The third kappa shape index (κ3) is 2.89. The number of hydrogen-bond acceptors (Lipinski definition) is 5. The number of Topliss-reactive ketones (excluding diaryl/α,β-unsaturated/α-hetero) is 1. The van der Waals surface area contributed by atoms with Gasteiger partial charge in [-0.25, -0.2) is 9.97 Å². The first-order valence-electron chi connectivity index (χ1n) is 8.45. The minimum absolute atomic E-state index is 0.0880. The number of H-pyrrole nitrogens is 1. The Kier molecular flexibility index (Phi) is 4.25. The largest absolute Gasteiger partial charge is 0.356 e. The monoisotopic (exact) mass is 381 g/mol. The number of aryl methyl sites for hydroxylation is 2. The molecule has 4 rings (SSSR count). The Morgan fingerprint density at radius 1 is 1.08 bits per heavy atom. The van der Waals surface area contributed by atoms with Crippen molar-refractivity contribution in [1.82, 2.24) is 15.0 Å². The van der Waals surface area contributed by atoms with Gasteiger partial charge in [0.05, 0.1) is 22.3 Å². The van der Waals surface area contributed by atoms with Crippen molar-refractivity contribution in [2.24, 2.45) is 0 Å². The van der Waals surface area contributed by atoms with Gasteiger partial charge in [0.25, 0.3) is 0 Å². The van der Waals surface area contributed by atoms with Crippen molar-refractivity contribution in [2.75, 3.05) is 0 Å². The fourth-order valence-corrected chi connectivity index (χ4v) is 5.41. The molecule has 132 valence electrons.